The SMILES string of the molecule is COc1ccc(OC)c(-c2cc3ccc4c(c3oc2=O)CN(CCc2ccccc2Cl)CO4)c1. The first-order valence-corrected chi connectivity index (χ1v) is 11.4. The molecule has 6 nitrogen and oxygen atoms in total. The summed E-state index contributed by atoms with van der Waals surface area (Å²) in [6.07, 6.45) is 0.798. The standard InChI is InChI=1S/C27H24ClNO5/c1-31-19-8-10-24(32-2)20(14-19)21-13-18-7-9-25-22(26(18)34-27(21)30)15-29(16-33-25)12-11-17-5-3-4-6-23(17)28/h3-10,13-14H,11-12,15-16H2,1-2H3. The summed E-state index contributed by atoms with van der Waals surface area (Å²) in [7, 11) is 3.15. The van der Waals surface area contributed by atoms with E-state index >= 15 is 0 Å². The number of hydrogen-bond donors (Lipinski definition) is 0. The normalized spacial score (nSPS) is 13.4. The first-order chi connectivity index (χ1) is 16.6. The van der Waals surface area contributed by atoms with Crippen LogP contribution in [0.5, 0.6) is 17.2 Å². The van der Waals surface area contributed by atoms with Gasteiger partial charge >= 0.3 is 5.63 Å². The Morgan fingerprint density at radius 3 is 2.65 bits per heavy atom. The number of halogens is 1. The minimum absolute atomic E-state index is 0.413. The highest BCUT2D eigenvalue weighted by Gasteiger charge is 2.23. The van der Waals surface area contributed by atoms with E-state index in [-0.39, 0.29) is 0 Å². The lowest BCUT2D eigenvalue weighted by molar-refractivity contribution is 0.0968. The van der Waals surface area contributed by atoms with Crippen LogP contribution in [-0.2, 0) is 13.0 Å². The molecule has 4 aromatic rings. The van der Waals surface area contributed by atoms with Gasteiger partial charge in [0.1, 0.15) is 29.6 Å². The second kappa shape index (κ2) is 9.41. The van der Waals surface area contributed by atoms with E-state index in [1.807, 2.05) is 42.5 Å². The quantitative estimate of drug-likeness (QED) is 0.340. The molecule has 0 bridgehead atoms. The maximum atomic E-state index is 13.1. The molecule has 2 heterocycles. The topological polar surface area (TPSA) is 61.1 Å². The summed E-state index contributed by atoms with van der Waals surface area (Å²) < 4.78 is 22.7. The largest absolute Gasteiger partial charge is 0.497 e. The van der Waals surface area contributed by atoms with Crippen molar-refractivity contribution in [3.05, 3.63) is 87.2 Å². The zero-order valence-corrected chi connectivity index (χ0v) is 19.7. The lowest BCUT2D eigenvalue weighted by Gasteiger charge is -2.29. The van der Waals surface area contributed by atoms with Gasteiger partial charge < -0.3 is 18.6 Å². The lowest BCUT2D eigenvalue weighted by atomic mass is 10.0. The van der Waals surface area contributed by atoms with Crippen LogP contribution in [0.25, 0.3) is 22.1 Å². The Morgan fingerprint density at radius 1 is 1.00 bits per heavy atom. The third-order valence-corrected chi connectivity index (χ3v) is 6.47. The van der Waals surface area contributed by atoms with Crippen LogP contribution in [0, 0.1) is 0 Å². The highest BCUT2D eigenvalue weighted by molar-refractivity contribution is 6.31. The molecular formula is C27H24ClNO5. The summed E-state index contributed by atoms with van der Waals surface area (Å²) in [6.45, 7) is 1.84. The van der Waals surface area contributed by atoms with Gasteiger partial charge in [-0.2, -0.15) is 0 Å². The van der Waals surface area contributed by atoms with E-state index in [0.29, 0.717) is 41.5 Å². The van der Waals surface area contributed by atoms with Gasteiger partial charge in [0, 0.05) is 29.1 Å². The number of hydrogen-bond acceptors (Lipinski definition) is 6. The summed E-state index contributed by atoms with van der Waals surface area (Å²) in [5.41, 5.74) is 3.08. The summed E-state index contributed by atoms with van der Waals surface area (Å²) in [6, 6.07) is 18.8. The zero-order valence-electron chi connectivity index (χ0n) is 19.0. The smallest absolute Gasteiger partial charge is 0.344 e. The molecule has 174 valence electrons. The summed E-state index contributed by atoms with van der Waals surface area (Å²) >= 11 is 6.31. The van der Waals surface area contributed by atoms with Gasteiger partial charge in [-0.05, 0) is 54.4 Å². The van der Waals surface area contributed by atoms with Crippen molar-refractivity contribution in [1.29, 1.82) is 0 Å². The molecule has 1 aromatic heterocycles. The Hall–Kier alpha value is -3.48. The van der Waals surface area contributed by atoms with Crippen LogP contribution >= 0.6 is 11.6 Å². The average Bonchev–Trinajstić information content (AvgIpc) is 2.87. The van der Waals surface area contributed by atoms with Crippen LogP contribution in [0.15, 0.2) is 69.9 Å². The van der Waals surface area contributed by atoms with Gasteiger partial charge in [-0.3, -0.25) is 4.90 Å². The number of methoxy groups -OCH3 is 2. The van der Waals surface area contributed by atoms with Crippen molar-refractivity contribution in [3.8, 4) is 28.4 Å². The minimum Gasteiger partial charge on any atom is -0.497 e. The third kappa shape index (κ3) is 4.22. The summed E-state index contributed by atoms with van der Waals surface area (Å²) in [4.78, 5) is 15.3. The van der Waals surface area contributed by atoms with Gasteiger partial charge in [-0.25, -0.2) is 4.79 Å². The first-order valence-electron chi connectivity index (χ1n) is 11.0. The second-order valence-electron chi connectivity index (χ2n) is 8.14. The molecule has 1 aliphatic heterocycles. The highest BCUT2D eigenvalue weighted by Crippen LogP contribution is 2.36. The fourth-order valence-electron chi connectivity index (χ4n) is 4.27. The van der Waals surface area contributed by atoms with Crippen molar-refractivity contribution in [3.63, 3.8) is 0 Å². The summed E-state index contributed by atoms with van der Waals surface area (Å²) in [5.74, 6) is 1.93. The second-order valence-corrected chi connectivity index (χ2v) is 8.55. The molecule has 7 heteroatoms. The van der Waals surface area contributed by atoms with Gasteiger partial charge in [0.25, 0.3) is 0 Å². The molecule has 0 amide bonds. The van der Waals surface area contributed by atoms with Crippen LogP contribution in [0.1, 0.15) is 11.1 Å². The van der Waals surface area contributed by atoms with Gasteiger partial charge in [-0.15, -0.1) is 0 Å². The van der Waals surface area contributed by atoms with Gasteiger partial charge in [0.05, 0.1) is 25.3 Å². The predicted molar refractivity (Wildman–Crippen MR) is 132 cm³/mol. The number of benzene rings is 3. The lowest BCUT2D eigenvalue weighted by Crippen LogP contribution is -2.33. The monoisotopic (exact) mass is 477 g/mol. The Bertz CT molecular complexity index is 1410. The molecule has 0 fully saturated rings. The average molecular weight is 478 g/mol. The molecule has 0 aliphatic carbocycles. The van der Waals surface area contributed by atoms with E-state index in [9.17, 15) is 4.79 Å². The number of rotatable bonds is 6. The number of nitrogens with zero attached hydrogens (tertiary/aromatic N) is 1. The molecule has 0 N–H and O–H groups in total. The first kappa shape index (κ1) is 22.3. The molecule has 0 saturated carbocycles. The van der Waals surface area contributed by atoms with E-state index in [4.69, 9.17) is 30.2 Å². The molecule has 0 spiro atoms. The van der Waals surface area contributed by atoms with Gasteiger partial charge in [0.2, 0.25) is 0 Å². The molecule has 0 atom stereocenters. The van der Waals surface area contributed by atoms with Crippen molar-refractivity contribution in [1.82, 2.24) is 4.90 Å². The van der Waals surface area contributed by atoms with Crippen molar-refractivity contribution in [2.45, 2.75) is 13.0 Å². The Labute approximate surface area is 202 Å². The van der Waals surface area contributed by atoms with Crippen LogP contribution < -0.4 is 19.8 Å². The van der Waals surface area contributed by atoms with Gasteiger partial charge in [-0.1, -0.05) is 29.8 Å². The molecule has 0 saturated heterocycles. The highest BCUT2D eigenvalue weighted by atomic mass is 35.5. The molecule has 34 heavy (non-hydrogen) atoms. The number of fused-ring (bicyclic) bond motifs is 3. The maximum absolute atomic E-state index is 13.1. The van der Waals surface area contributed by atoms with Crippen molar-refractivity contribution >= 4 is 22.6 Å². The molecule has 5 rings (SSSR count). The zero-order chi connectivity index (χ0) is 23.7. The fraction of sp³-hybridized carbons (Fsp3) is 0.222. The van der Waals surface area contributed by atoms with Crippen LogP contribution in [-0.4, -0.2) is 32.4 Å². The molecule has 1 aliphatic rings. The van der Waals surface area contributed by atoms with Crippen LogP contribution in [0.2, 0.25) is 5.02 Å². The Morgan fingerprint density at radius 2 is 1.85 bits per heavy atom. The fourth-order valence-corrected chi connectivity index (χ4v) is 4.50. The maximum Gasteiger partial charge on any atom is 0.344 e. The Balaban J connectivity index is 1.48. The molecule has 0 unspecified atom stereocenters. The number of ether oxygens (including phenoxy) is 3. The van der Waals surface area contributed by atoms with Crippen LogP contribution in [0.3, 0.4) is 0 Å². The third-order valence-electron chi connectivity index (χ3n) is 6.10. The molecule has 0 radical (unpaired) electrons. The van der Waals surface area contributed by atoms with Crippen molar-refractivity contribution in [2.24, 2.45) is 0 Å². The molecular weight excluding hydrogens is 454 g/mol. The van der Waals surface area contributed by atoms with E-state index < -0.39 is 5.63 Å². The van der Waals surface area contributed by atoms with E-state index in [2.05, 4.69) is 4.90 Å². The van der Waals surface area contributed by atoms with E-state index in [1.165, 1.54) is 0 Å². The van der Waals surface area contributed by atoms with Gasteiger partial charge in [0.15, 0.2) is 0 Å². The predicted octanol–water partition coefficient (Wildman–Crippen LogP) is 5.53. The van der Waals surface area contributed by atoms with Crippen LogP contribution in [0.4, 0.5) is 0 Å². The van der Waals surface area contributed by atoms with Crippen molar-refractivity contribution < 1.29 is 18.6 Å². The van der Waals surface area contributed by atoms with E-state index in [0.717, 1.165) is 40.3 Å². The van der Waals surface area contributed by atoms with Crippen molar-refractivity contribution in [2.75, 3.05) is 27.5 Å². The molecule has 3 aromatic carbocycles. The summed E-state index contributed by atoms with van der Waals surface area (Å²) in [5, 5.41) is 1.58. The Kier molecular flexibility index (Phi) is 6.18. The van der Waals surface area contributed by atoms with E-state index in [1.54, 1.807) is 32.4 Å². The minimum atomic E-state index is -0.444.